The second-order valence-electron chi connectivity index (χ2n) is 4.56. The fourth-order valence-corrected chi connectivity index (χ4v) is 2.45. The number of halogens is 1. The van der Waals surface area contributed by atoms with E-state index in [0.29, 0.717) is 6.42 Å². The first kappa shape index (κ1) is 14.0. The van der Waals surface area contributed by atoms with Crippen molar-refractivity contribution < 1.29 is 4.74 Å². The Morgan fingerprint density at radius 1 is 1.32 bits per heavy atom. The van der Waals surface area contributed by atoms with Crippen LogP contribution in [0, 0.1) is 6.92 Å². The number of ether oxygens (including phenoxy) is 1. The lowest BCUT2D eigenvalue weighted by atomic mass is 9.99. The molecule has 0 spiro atoms. The zero-order valence-electron chi connectivity index (χ0n) is 11.1. The van der Waals surface area contributed by atoms with Gasteiger partial charge in [0.2, 0.25) is 0 Å². The van der Waals surface area contributed by atoms with Gasteiger partial charge in [0, 0.05) is 22.9 Å². The van der Waals surface area contributed by atoms with Gasteiger partial charge in [-0.15, -0.1) is 0 Å². The van der Waals surface area contributed by atoms with E-state index in [9.17, 15) is 0 Å². The summed E-state index contributed by atoms with van der Waals surface area (Å²) in [6.07, 6.45) is 4.37. The molecule has 0 radical (unpaired) electrons. The Hall–Kier alpha value is -1.39. The first-order valence-electron chi connectivity index (χ1n) is 6.09. The third-order valence-corrected chi connectivity index (χ3v) is 3.50. The fourth-order valence-electron chi connectivity index (χ4n) is 2.04. The van der Waals surface area contributed by atoms with Gasteiger partial charge in [-0.2, -0.15) is 0 Å². The van der Waals surface area contributed by atoms with Crippen LogP contribution in [0.3, 0.4) is 0 Å². The van der Waals surface area contributed by atoms with E-state index >= 15 is 0 Å². The summed E-state index contributed by atoms with van der Waals surface area (Å²) in [5, 5.41) is 0. The summed E-state index contributed by atoms with van der Waals surface area (Å²) in [5.74, 6) is 0.860. The van der Waals surface area contributed by atoms with Crippen molar-refractivity contribution in [2.24, 2.45) is 5.73 Å². The number of rotatable bonds is 4. The van der Waals surface area contributed by atoms with Crippen molar-refractivity contribution in [3.05, 3.63) is 57.8 Å². The number of benzene rings is 1. The largest absolute Gasteiger partial charge is 0.496 e. The van der Waals surface area contributed by atoms with Crippen molar-refractivity contribution in [3.8, 4) is 5.75 Å². The van der Waals surface area contributed by atoms with Gasteiger partial charge in [-0.1, -0.05) is 22.0 Å². The summed E-state index contributed by atoms with van der Waals surface area (Å²) < 4.78 is 6.39. The first-order valence-corrected chi connectivity index (χ1v) is 6.89. The van der Waals surface area contributed by atoms with Gasteiger partial charge in [-0.25, -0.2) is 0 Å². The SMILES string of the molecule is COc1ccc(Br)cc1CC(N)c1cncc(C)c1. The quantitative estimate of drug-likeness (QED) is 0.939. The van der Waals surface area contributed by atoms with E-state index in [2.05, 4.69) is 27.0 Å². The Kier molecular flexibility index (Phi) is 4.56. The Bertz CT molecular complexity index is 572. The van der Waals surface area contributed by atoms with E-state index in [4.69, 9.17) is 10.5 Å². The van der Waals surface area contributed by atoms with Crippen molar-refractivity contribution in [3.63, 3.8) is 0 Å². The summed E-state index contributed by atoms with van der Waals surface area (Å²) >= 11 is 3.47. The first-order chi connectivity index (χ1) is 9.10. The molecule has 0 saturated carbocycles. The summed E-state index contributed by atoms with van der Waals surface area (Å²) in [5.41, 5.74) is 9.51. The Morgan fingerprint density at radius 3 is 2.79 bits per heavy atom. The lowest BCUT2D eigenvalue weighted by molar-refractivity contribution is 0.408. The molecule has 1 aromatic carbocycles. The third kappa shape index (κ3) is 3.55. The fraction of sp³-hybridized carbons (Fsp3) is 0.267. The molecule has 2 aromatic rings. The number of nitrogens with two attached hydrogens (primary N) is 1. The molecule has 3 nitrogen and oxygen atoms in total. The van der Waals surface area contributed by atoms with Gasteiger partial charge < -0.3 is 10.5 Å². The molecule has 0 fully saturated rings. The van der Waals surface area contributed by atoms with Gasteiger partial charge >= 0.3 is 0 Å². The number of hydrogen-bond donors (Lipinski definition) is 1. The van der Waals surface area contributed by atoms with Crippen LogP contribution >= 0.6 is 15.9 Å². The monoisotopic (exact) mass is 320 g/mol. The topological polar surface area (TPSA) is 48.1 Å². The van der Waals surface area contributed by atoms with Crippen molar-refractivity contribution in [2.45, 2.75) is 19.4 Å². The highest BCUT2D eigenvalue weighted by atomic mass is 79.9. The average Bonchev–Trinajstić information content (AvgIpc) is 2.39. The van der Waals surface area contributed by atoms with Gasteiger partial charge in [0.05, 0.1) is 7.11 Å². The van der Waals surface area contributed by atoms with Crippen molar-refractivity contribution in [2.75, 3.05) is 7.11 Å². The zero-order chi connectivity index (χ0) is 13.8. The van der Waals surface area contributed by atoms with Crippen LogP contribution in [0.2, 0.25) is 0 Å². The molecule has 0 aliphatic heterocycles. The minimum atomic E-state index is -0.0874. The predicted octanol–water partition coefficient (Wildman–Crippen LogP) is 3.40. The Balaban J connectivity index is 2.23. The highest BCUT2D eigenvalue weighted by Gasteiger charge is 2.11. The van der Waals surface area contributed by atoms with Gasteiger partial charge in [-0.3, -0.25) is 4.98 Å². The number of aryl methyl sites for hydroxylation is 1. The molecule has 0 amide bonds. The van der Waals surface area contributed by atoms with Crippen molar-refractivity contribution in [1.29, 1.82) is 0 Å². The summed E-state index contributed by atoms with van der Waals surface area (Å²) in [6, 6.07) is 7.93. The molecule has 0 saturated heterocycles. The number of methoxy groups -OCH3 is 1. The minimum Gasteiger partial charge on any atom is -0.496 e. The van der Waals surface area contributed by atoms with Crippen LogP contribution in [0.5, 0.6) is 5.75 Å². The van der Waals surface area contributed by atoms with Gasteiger partial charge in [0.15, 0.2) is 0 Å². The van der Waals surface area contributed by atoms with Crippen LogP contribution in [0.4, 0.5) is 0 Å². The third-order valence-electron chi connectivity index (χ3n) is 3.01. The van der Waals surface area contributed by atoms with Gasteiger partial charge in [0.1, 0.15) is 5.75 Å². The molecule has 1 atom stereocenters. The van der Waals surface area contributed by atoms with E-state index < -0.39 is 0 Å². The number of pyridine rings is 1. The summed E-state index contributed by atoms with van der Waals surface area (Å²) in [6.45, 7) is 2.02. The molecule has 1 aromatic heterocycles. The smallest absolute Gasteiger partial charge is 0.122 e. The lowest BCUT2D eigenvalue weighted by Crippen LogP contribution is -2.14. The number of aromatic nitrogens is 1. The summed E-state index contributed by atoms with van der Waals surface area (Å²) in [4.78, 5) is 4.19. The normalized spacial score (nSPS) is 12.2. The van der Waals surface area contributed by atoms with Crippen molar-refractivity contribution in [1.82, 2.24) is 4.98 Å². The van der Waals surface area contributed by atoms with Crippen molar-refractivity contribution >= 4 is 15.9 Å². The molecule has 100 valence electrons. The molecule has 2 N–H and O–H groups in total. The van der Waals surface area contributed by atoms with Gasteiger partial charge in [-0.05, 0) is 48.2 Å². The number of nitrogens with zero attached hydrogens (tertiary/aromatic N) is 1. The maximum Gasteiger partial charge on any atom is 0.122 e. The molecular weight excluding hydrogens is 304 g/mol. The van der Waals surface area contributed by atoms with E-state index in [1.165, 1.54) is 0 Å². The molecule has 19 heavy (non-hydrogen) atoms. The minimum absolute atomic E-state index is 0.0874. The Morgan fingerprint density at radius 2 is 2.11 bits per heavy atom. The molecule has 4 heteroatoms. The zero-order valence-corrected chi connectivity index (χ0v) is 12.6. The van der Waals surface area contributed by atoms with Crippen LogP contribution in [0.1, 0.15) is 22.7 Å². The standard InChI is InChI=1S/C15H17BrN2O/c1-10-5-12(9-18-8-10)14(17)7-11-6-13(16)3-4-15(11)19-2/h3-6,8-9,14H,7,17H2,1-2H3. The molecule has 0 aliphatic carbocycles. The van der Waals surface area contributed by atoms with E-state index in [-0.39, 0.29) is 6.04 Å². The summed E-state index contributed by atoms with van der Waals surface area (Å²) in [7, 11) is 1.67. The highest BCUT2D eigenvalue weighted by molar-refractivity contribution is 9.10. The molecule has 0 aliphatic rings. The molecule has 0 bridgehead atoms. The van der Waals surface area contributed by atoms with Crippen LogP contribution in [0.15, 0.2) is 41.1 Å². The van der Waals surface area contributed by atoms with Crippen LogP contribution in [-0.4, -0.2) is 12.1 Å². The van der Waals surface area contributed by atoms with E-state index in [0.717, 1.165) is 26.9 Å². The molecular formula is C15H17BrN2O. The lowest BCUT2D eigenvalue weighted by Gasteiger charge is -2.15. The van der Waals surface area contributed by atoms with E-state index in [1.54, 1.807) is 7.11 Å². The number of hydrogen-bond acceptors (Lipinski definition) is 3. The second kappa shape index (κ2) is 6.17. The molecule has 1 heterocycles. The van der Waals surface area contributed by atoms with Crippen LogP contribution < -0.4 is 10.5 Å². The van der Waals surface area contributed by atoms with Gasteiger partial charge in [0.25, 0.3) is 0 Å². The Labute approximate surface area is 121 Å². The van der Waals surface area contributed by atoms with E-state index in [1.807, 2.05) is 37.5 Å². The van der Waals surface area contributed by atoms with Crippen LogP contribution in [0.25, 0.3) is 0 Å². The second-order valence-corrected chi connectivity index (χ2v) is 5.48. The molecule has 1 unspecified atom stereocenters. The van der Waals surface area contributed by atoms with Crippen LogP contribution in [-0.2, 0) is 6.42 Å². The maximum atomic E-state index is 6.26. The average molecular weight is 321 g/mol. The maximum absolute atomic E-state index is 6.26. The predicted molar refractivity (Wildman–Crippen MR) is 80.3 cm³/mol. The highest BCUT2D eigenvalue weighted by Crippen LogP contribution is 2.27. The molecule has 2 rings (SSSR count).